The van der Waals surface area contributed by atoms with Gasteiger partial charge in [-0.3, -0.25) is 9.36 Å². The molecule has 0 saturated heterocycles. The highest BCUT2D eigenvalue weighted by Gasteiger charge is 2.07. The molecule has 1 N–H and O–H groups in total. The first-order valence-corrected chi connectivity index (χ1v) is 6.34. The van der Waals surface area contributed by atoms with Crippen molar-refractivity contribution < 1.29 is 0 Å². The minimum absolute atomic E-state index is 0.0312. The topological polar surface area (TPSA) is 59.8 Å². The van der Waals surface area contributed by atoms with Gasteiger partial charge in [0.25, 0.3) is 5.56 Å². The van der Waals surface area contributed by atoms with Crippen LogP contribution in [0.15, 0.2) is 29.2 Å². The molecule has 0 amide bonds. The molecule has 0 aliphatic heterocycles. The third-order valence-corrected chi connectivity index (χ3v) is 2.89. The molecular weight excluding hydrogens is 240 g/mol. The van der Waals surface area contributed by atoms with Gasteiger partial charge in [0.05, 0.1) is 6.54 Å². The maximum atomic E-state index is 12.0. The summed E-state index contributed by atoms with van der Waals surface area (Å²) < 4.78 is 1.66. The predicted octanol–water partition coefficient (Wildman–Crippen LogP) is 1.74. The lowest BCUT2D eigenvalue weighted by atomic mass is 10.2. The molecule has 2 aromatic rings. The zero-order valence-electron chi connectivity index (χ0n) is 11.5. The van der Waals surface area contributed by atoms with E-state index in [2.05, 4.69) is 15.3 Å². The van der Waals surface area contributed by atoms with E-state index in [1.54, 1.807) is 16.8 Å². The summed E-state index contributed by atoms with van der Waals surface area (Å²) in [7, 11) is 0. The third-order valence-electron chi connectivity index (χ3n) is 2.89. The second-order valence-corrected chi connectivity index (χ2v) is 4.41. The third kappa shape index (κ3) is 2.99. The lowest BCUT2D eigenvalue weighted by molar-refractivity contribution is 0.693. The van der Waals surface area contributed by atoms with E-state index in [4.69, 9.17) is 0 Å². The Hall–Kier alpha value is -2.17. The summed E-state index contributed by atoms with van der Waals surface area (Å²) in [5, 5.41) is 3.20. The Bertz CT molecular complexity index is 634. The van der Waals surface area contributed by atoms with Gasteiger partial charge in [-0.05, 0) is 26.8 Å². The summed E-state index contributed by atoms with van der Waals surface area (Å²) in [6, 6.07) is 5.39. The van der Waals surface area contributed by atoms with E-state index in [9.17, 15) is 4.79 Å². The van der Waals surface area contributed by atoms with Crippen molar-refractivity contribution in [2.75, 3.05) is 11.9 Å². The van der Waals surface area contributed by atoms with E-state index in [-0.39, 0.29) is 5.56 Å². The van der Waals surface area contributed by atoms with E-state index < -0.39 is 0 Å². The Morgan fingerprint density at radius 3 is 2.84 bits per heavy atom. The monoisotopic (exact) mass is 258 g/mol. The first kappa shape index (κ1) is 13.3. The number of nitrogens with zero attached hydrogens (tertiary/aromatic N) is 3. The number of pyridine rings is 1. The number of rotatable bonds is 4. The summed E-state index contributed by atoms with van der Waals surface area (Å²) in [6.45, 7) is 6.96. The fourth-order valence-electron chi connectivity index (χ4n) is 2.02. The van der Waals surface area contributed by atoms with E-state index >= 15 is 0 Å². The zero-order valence-corrected chi connectivity index (χ0v) is 11.5. The van der Waals surface area contributed by atoms with Gasteiger partial charge < -0.3 is 5.32 Å². The Morgan fingerprint density at radius 2 is 2.16 bits per heavy atom. The zero-order chi connectivity index (χ0) is 13.8. The molecule has 2 rings (SSSR count). The van der Waals surface area contributed by atoms with Gasteiger partial charge in [-0.25, -0.2) is 9.97 Å². The Kier molecular flexibility index (Phi) is 3.94. The average Bonchev–Trinajstić information content (AvgIpc) is 2.36. The smallest absolute Gasteiger partial charge is 0.254 e. The highest BCUT2D eigenvalue weighted by molar-refractivity contribution is 5.43. The molecule has 0 spiro atoms. The number of hydrogen-bond donors (Lipinski definition) is 1. The van der Waals surface area contributed by atoms with E-state index in [0.29, 0.717) is 6.54 Å². The van der Waals surface area contributed by atoms with Crippen molar-refractivity contribution in [1.29, 1.82) is 0 Å². The molecule has 5 nitrogen and oxygen atoms in total. The highest BCUT2D eigenvalue weighted by atomic mass is 16.1. The average molecular weight is 258 g/mol. The van der Waals surface area contributed by atoms with E-state index in [0.717, 1.165) is 29.4 Å². The molecule has 5 heteroatoms. The molecule has 0 radical (unpaired) electrons. The SMILES string of the molecule is CCNc1ncccc1Cn1c(C)nc(C)cc1=O. The van der Waals surface area contributed by atoms with Gasteiger partial charge in [-0.2, -0.15) is 0 Å². The van der Waals surface area contributed by atoms with Gasteiger partial charge in [-0.1, -0.05) is 6.07 Å². The molecule has 19 heavy (non-hydrogen) atoms. The van der Waals surface area contributed by atoms with Crippen molar-refractivity contribution in [1.82, 2.24) is 14.5 Å². The van der Waals surface area contributed by atoms with Crippen molar-refractivity contribution >= 4 is 5.82 Å². The van der Waals surface area contributed by atoms with Crippen molar-refractivity contribution in [3.05, 3.63) is 51.8 Å². The first-order chi connectivity index (χ1) is 9.11. The van der Waals surface area contributed by atoms with Gasteiger partial charge in [0, 0.05) is 30.1 Å². The summed E-state index contributed by atoms with van der Waals surface area (Å²) in [4.78, 5) is 20.6. The summed E-state index contributed by atoms with van der Waals surface area (Å²) in [5.41, 5.74) is 1.70. The minimum atomic E-state index is -0.0312. The Balaban J connectivity index is 2.39. The van der Waals surface area contributed by atoms with Crippen LogP contribution in [0.3, 0.4) is 0 Å². The molecule has 100 valence electrons. The van der Waals surface area contributed by atoms with Gasteiger partial charge >= 0.3 is 0 Å². The number of nitrogens with one attached hydrogen (secondary N) is 1. The Labute approximate surface area is 112 Å². The van der Waals surface area contributed by atoms with Crippen LogP contribution < -0.4 is 10.9 Å². The number of anilines is 1. The molecule has 0 aromatic carbocycles. The van der Waals surface area contributed by atoms with Crippen LogP contribution in [-0.2, 0) is 6.54 Å². The van der Waals surface area contributed by atoms with Crippen LogP contribution in [0.4, 0.5) is 5.82 Å². The second-order valence-electron chi connectivity index (χ2n) is 4.41. The van der Waals surface area contributed by atoms with Gasteiger partial charge in [0.15, 0.2) is 0 Å². The molecule has 0 aliphatic rings. The summed E-state index contributed by atoms with van der Waals surface area (Å²) >= 11 is 0. The maximum absolute atomic E-state index is 12.0. The molecule has 0 aliphatic carbocycles. The maximum Gasteiger partial charge on any atom is 0.254 e. The largest absolute Gasteiger partial charge is 0.370 e. The number of aryl methyl sites for hydroxylation is 2. The van der Waals surface area contributed by atoms with Crippen molar-refractivity contribution in [3.8, 4) is 0 Å². The molecule has 2 heterocycles. The van der Waals surface area contributed by atoms with Crippen LogP contribution in [0, 0.1) is 13.8 Å². The quantitative estimate of drug-likeness (QED) is 0.907. The van der Waals surface area contributed by atoms with Crippen LogP contribution in [0.5, 0.6) is 0 Å². The van der Waals surface area contributed by atoms with Gasteiger partial charge in [0.2, 0.25) is 0 Å². The van der Waals surface area contributed by atoms with Crippen molar-refractivity contribution in [3.63, 3.8) is 0 Å². The van der Waals surface area contributed by atoms with Crippen LogP contribution in [0.2, 0.25) is 0 Å². The second kappa shape index (κ2) is 5.65. The molecule has 2 aromatic heterocycles. The van der Waals surface area contributed by atoms with Crippen molar-refractivity contribution in [2.24, 2.45) is 0 Å². The van der Waals surface area contributed by atoms with Crippen LogP contribution in [0.1, 0.15) is 24.0 Å². The minimum Gasteiger partial charge on any atom is -0.370 e. The standard InChI is InChI=1S/C14H18N4O/c1-4-15-14-12(6-5-7-16-14)9-18-11(3)17-10(2)8-13(18)19/h5-8H,4,9H2,1-3H3,(H,15,16). The fraction of sp³-hybridized carbons (Fsp3) is 0.357. The molecule has 0 atom stereocenters. The Morgan fingerprint density at radius 1 is 1.37 bits per heavy atom. The molecule has 0 saturated carbocycles. The number of aromatic nitrogens is 3. The lowest BCUT2D eigenvalue weighted by Gasteiger charge is -2.13. The predicted molar refractivity (Wildman–Crippen MR) is 75.5 cm³/mol. The van der Waals surface area contributed by atoms with Gasteiger partial charge in [-0.15, -0.1) is 0 Å². The van der Waals surface area contributed by atoms with E-state index in [1.807, 2.05) is 32.9 Å². The number of hydrogen-bond acceptors (Lipinski definition) is 4. The first-order valence-electron chi connectivity index (χ1n) is 6.34. The molecule has 0 unspecified atom stereocenters. The molecule has 0 bridgehead atoms. The van der Waals surface area contributed by atoms with Crippen molar-refractivity contribution in [2.45, 2.75) is 27.3 Å². The van der Waals surface area contributed by atoms with Crippen LogP contribution in [0.25, 0.3) is 0 Å². The lowest BCUT2D eigenvalue weighted by Crippen LogP contribution is -2.24. The fourth-order valence-corrected chi connectivity index (χ4v) is 2.02. The summed E-state index contributed by atoms with van der Waals surface area (Å²) in [5.74, 6) is 1.54. The van der Waals surface area contributed by atoms with Gasteiger partial charge in [0.1, 0.15) is 11.6 Å². The molecular formula is C14H18N4O. The van der Waals surface area contributed by atoms with E-state index in [1.165, 1.54) is 0 Å². The highest BCUT2D eigenvalue weighted by Crippen LogP contribution is 2.12. The van der Waals surface area contributed by atoms with Crippen LogP contribution >= 0.6 is 0 Å². The van der Waals surface area contributed by atoms with Crippen LogP contribution in [-0.4, -0.2) is 21.1 Å². The normalized spacial score (nSPS) is 10.5. The summed E-state index contributed by atoms with van der Waals surface area (Å²) in [6.07, 6.45) is 1.74. The molecule has 0 fully saturated rings.